The maximum Gasteiger partial charge on any atom is 0.191 e. The van der Waals surface area contributed by atoms with Crippen LogP contribution in [0, 0.1) is 13.8 Å². The van der Waals surface area contributed by atoms with Crippen LogP contribution in [-0.4, -0.2) is 30.9 Å². The van der Waals surface area contributed by atoms with Gasteiger partial charge in [-0.05, 0) is 45.2 Å². The van der Waals surface area contributed by atoms with Gasteiger partial charge >= 0.3 is 0 Å². The van der Waals surface area contributed by atoms with Crippen molar-refractivity contribution in [1.82, 2.24) is 19.3 Å². The summed E-state index contributed by atoms with van der Waals surface area (Å²) < 4.78 is 4.46. The van der Waals surface area contributed by atoms with Gasteiger partial charge in [-0.1, -0.05) is 48.5 Å². The van der Waals surface area contributed by atoms with Crippen molar-refractivity contribution in [2.45, 2.75) is 64.2 Å². The van der Waals surface area contributed by atoms with Crippen molar-refractivity contribution in [3.05, 3.63) is 64.7 Å². The Labute approximate surface area is 176 Å². The Morgan fingerprint density at radius 1 is 1.14 bits per heavy atom. The monoisotopic (exact) mass is 408 g/mol. The van der Waals surface area contributed by atoms with E-state index in [2.05, 4.69) is 57.4 Å². The van der Waals surface area contributed by atoms with Crippen LogP contribution in [0.25, 0.3) is 0 Å². The number of aryl methyl sites for hydroxylation is 2. The van der Waals surface area contributed by atoms with Crippen molar-refractivity contribution in [3.8, 4) is 0 Å². The lowest BCUT2D eigenvalue weighted by Gasteiger charge is -2.19. The molecule has 0 radical (unpaired) electrons. The Bertz CT molecular complexity index is 1010. The summed E-state index contributed by atoms with van der Waals surface area (Å²) in [7, 11) is 0. The molecular weight excluding hydrogens is 380 g/mol. The van der Waals surface area contributed by atoms with Crippen molar-refractivity contribution < 1.29 is 4.79 Å². The summed E-state index contributed by atoms with van der Waals surface area (Å²) in [4.78, 5) is 13.0. The molecule has 29 heavy (non-hydrogen) atoms. The highest BCUT2D eigenvalue weighted by Gasteiger charge is 2.21. The first-order valence-electron chi connectivity index (χ1n) is 10.4. The number of hydrogen-bond donors (Lipinski definition) is 0. The predicted octanol–water partition coefficient (Wildman–Crippen LogP) is 5.01. The van der Waals surface area contributed by atoms with E-state index in [1.165, 1.54) is 30.2 Å². The van der Waals surface area contributed by atoms with Gasteiger partial charge in [0.25, 0.3) is 0 Å². The van der Waals surface area contributed by atoms with E-state index in [0.29, 0.717) is 5.75 Å². The number of hydrogen-bond acceptors (Lipinski definition) is 4. The molecule has 0 saturated carbocycles. The molecule has 0 fully saturated rings. The zero-order chi connectivity index (χ0) is 20.4. The lowest BCUT2D eigenvalue weighted by Crippen LogP contribution is -2.12. The molecule has 6 heteroatoms. The molecule has 1 atom stereocenters. The largest absolute Gasteiger partial charge is 0.341 e. The van der Waals surface area contributed by atoms with Crippen molar-refractivity contribution in [3.63, 3.8) is 0 Å². The second-order valence-corrected chi connectivity index (χ2v) is 8.76. The van der Waals surface area contributed by atoms with E-state index in [9.17, 15) is 4.79 Å². The zero-order valence-corrected chi connectivity index (χ0v) is 18.2. The Balaban J connectivity index is 1.51. The second-order valence-electron chi connectivity index (χ2n) is 7.81. The zero-order valence-electron chi connectivity index (χ0n) is 17.4. The molecule has 152 valence electrons. The van der Waals surface area contributed by atoms with Crippen LogP contribution in [0.1, 0.15) is 65.4 Å². The van der Waals surface area contributed by atoms with Crippen LogP contribution >= 0.6 is 11.8 Å². The number of aromatic nitrogens is 4. The van der Waals surface area contributed by atoms with Gasteiger partial charge in [0.05, 0.1) is 11.8 Å². The average Bonchev–Trinajstić information content (AvgIpc) is 3.15. The molecular formula is C23H28N4OS. The fourth-order valence-corrected chi connectivity index (χ4v) is 5.18. The number of benzene rings is 1. The fourth-order valence-electron chi connectivity index (χ4n) is 4.31. The smallest absolute Gasteiger partial charge is 0.191 e. The number of rotatable bonds is 6. The summed E-state index contributed by atoms with van der Waals surface area (Å²) >= 11 is 1.51. The third-order valence-electron chi connectivity index (χ3n) is 5.86. The summed E-state index contributed by atoms with van der Waals surface area (Å²) in [5, 5.41) is 9.55. The Hall–Kier alpha value is -2.34. The third kappa shape index (κ3) is 4.04. The molecule has 0 unspecified atom stereocenters. The Morgan fingerprint density at radius 3 is 2.72 bits per heavy atom. The molecule has 2 aromatic heterocycles. The van der Waals surface area contributed by atoms with Crippen LogP contribution < -0.4 is 0 Å². The highest BCUT2D eigenvalue weighted by atomic mass is 32.2. The van der Waals surface area contributed by atoms with Gasteiger partial charge in [0.2, 0.25) is 0 Å². The first-order valence-corrected chi connectivity index (χ1v) is 11.4. The van der Waals surface area contributed by atoms with Crippen molar-refractivity contribution in [2.24, 2.45) is 0 Å². The van der Waals surface area contributed by atoms with Gasteiger partial charge in [-0.25, -0.2) is 0 Å². The van der Waals surface area contributed by atoms with E-state index in [-0.39, 0.29) is 11.8 Å². The van der Waals surface area contributed by atoms with Crippen molar-refractivity contribution in [2.75, 3.05) is 5.75 Å². The summed E-state index contributed by atoms with van der Waals surface area (Å²) in [6.45, 7) is 7.27. The third-order valence-corrected chi connectivity index (χ3v) is 6.83. The van der Waals surface area contributed by atoms with Crippen LogP contribution in [0.3, 0.4) is 0 Å². The molecule has 5 nitrogen and oxygen atoms in total. The molecule has 1 aromatic carbocycles. The molecule has 1 aliphatic rings. The Morgan fingerprint density at radius 2 is 1.93 bits per heavy atom. The van der Waals surface area contributed by atoms with Crippen LogP contribution in [-0.2, 0) is 13.0 Å². The highest BCUT2D eigenvalue weighted by Crippen LogP contribution is 2.28. The first kappa shape index (κ1) is 20.0. The standard InChI is InChI=1S/C23H28N4OS/c1-16-14-20(18(3)27(16)17(2)19-10-6-4-7-11-19)21(28)15-29-23-25-24-22-12-8-5-9-13-26(22)23/h4,6-7,10-11,14,17H,5,8-9,12-13,15H2,1-3H3/t17-/m1/s1. The maximum absolute atomic E-state index is 13.0. The molecule has 0 saturated heterocycles. The molecule has 0 amide bonds. The SMILES string of the molecule is Cc1cc(C(=O)CSc2nnc3n2CCCCC3)c(C)n1[C@H](C)c1ccccc1. The number of carbonyl (C=O) groups excluding carboxylic acids is 1. The van der Waals surface area contributed by atoms with E-state index < -0.39 is 0 Å². The minimum Gasteiger partial charge on any atom is -0.341 e. The van der Waals surface area contributed by atoms with Gasteiger partial charge in [-0.15, -0.1) is 10.2 Å². The first-order chi connectivity index (χ1) is 14.1. The summed E-state index contributed by atoms with van der Waals surface area (Å²) in [5.74, 6) is 1.61. The predicted molar refractivity (Wildman–Crippen MR) is 117 cm³/mol. The second kappa shape index (κ2) is 8.57. The van der Waals surface area contributed by atoms with Gasteiger partial charge in [0.15, 0.2) is 10.9 Å². The normalized spacial score (nSPS) is 15.0. The van der Waals surface area contributed by atoms with Crippen LogP contribution in [0.5, 0.6) is 0 Å². The maximum atomic E-state index is 13.0. The Kier molecular flexibility index (Phi) is 5.90. The van der Waals surface area contributed by atoms with E-state index >= 15 is 0 Å². The quantitative estimate of drug-likeness (QED) is 0.425. The van der Waals surface area contributed by atoms with E-state index in [4.69, 9.17) is 0 Å². The van der Waals surface area contributed by atoms with Crippen molar-refractivity contribution >= 4 is 17.5 Å². The van der Waals surface area contributed by atoms with Gasteiger partial charge < -0.3 is 9.13 Å². The topological polar surface area (TPSA) is 52.7 Å². The molecule has 0 spiro atoms. The van der Waals surface area contributed by atoms with Gasteiger partial charge in [0.1, 0.15) is 5.82 Å². The lowest BCUT2D eigenvalue weighted by molar-refractivity contribution is 0.102. The summed E-state index contributed by atoms with van der Waals surface area (Å²) in [6, 6.07) is 12.6. The molecule has 0 bridgehead atoms. The number of carbonyl (C=O) groups is 1. The summed E-state index contributed by atoms with van der Waals surface area (Å²) in [5.41, 5.74) is 4.20. The van der Waals surface area contributed by atoms with Crippen LogP contribution in [0.4, 0.5) is 0 Å². The highest BCUT2D eigenvalue weighted by molar-refractivity contribution is 7.99. The number of fused-ring (bicyclic) bond motifs is 1. The minimum atomic E-state index is 0.153. The van der Waals surface area contributed by atoms with E-state index in [1.54, 1.807) is 0 Å². The molecule has 1 aliphatic heterocycles. The molecule has 4 rings (SSSR count). The molecule has 0 N–H and O–H groups in total. The number of Topliss-reactive ketones (excluding diaryl/α,β-unsaturated/α-hetero) is 1. The number of ketones is 1. The molecule has 0 aliphatic carbocycles. The number of nitrogens with zero attached hydrogens (tertiary/aromatic N) is 4. The number of thioether (sulfide) groups is 1. The molecule has 3 heterocycles. The van der Waals surface area contributed by atoms with Crippen molar-refractivity contribution in [1.29, 1.82) is 0 Å². The van der Waals surface area contributed by atoms with Gasteiger partial charge in [0, 0.05) is 29.9 Å². The van der Waals surface area contributed by atoms with Crippen LogP contribution in [0.15, 0.2) is 41.6 Å². The van der Waals surface area contributed by atoms with Gasteiger partial charge in [-0.3, -0.25) is 4.79 Å². The fraction of sp³-hybridized carbons (Fsp3) is 0.435. The van der Waals surface area contributed by atoms with Gasteiger partial charge in [-0.2, -0.15) is 0 Å². The minimum absolute atomic E-state index is 0.153. The lowest BCUT2D eigenvalue weighted by atomic mass is 10.1. The van der Waals surface area contributed by atoms with E-state index in [0.717, 1.165) is 47.3 Å². The van der Waals surface area contributed by atoms with E-state index in [1.807, 2.05) is 19.1 Å². The summed E-state index contributed by atoms with van der Waals surface area (Å²) in [6.07, 6.45) is 4.55. The average molecular weight is 409 g/mol. The van der Waals surface area contributed by atoms with Crippen LogP contribution in [0.2, 0.25) is 0 Å². The molecule has 3 aromatic rings.